The third kappa shape index (κ3) is 3.83. The van der Waals surface area contributed by atoms with Crippen molar-refractivity contribution in [2.45, 2.75) is 40.2 Å². The normalized spacial score (nSPS) is 14.9. The fraction of sp³-hybridized carbons (Fsp3) is 0.300. The highest BCUT2D eigenvalue weighted by atomic mass is 32.1. The molecule has 1 aliphatic rings. The molecule has 0 spiro atoms. The monoisotopic (exact) mass is 416 g/mol. The quantitative estimate of drug-likeness (QED) is 0.538. The minimum Gasteiger partial charge on any atom is -0.493 e. The van der Waals surface area contributed by atoms with Gasteiger partial charge in [0, 0.05) is 29.8 Å². The molecule has 2 heterocycles. The molecule has 1 aromatic carbocycles. The number of benzene rings is 1. The summed E-state index contributed by atoms with van der Waals surface area (Å²) in [5.41, 5.74) is 4.29. The van der Waals surface area contributed by atoms with Crippen LogP contribution in [0.3, 0.4) is 0 Å². The number of allylic oxidation sites excluding steroid dienone is 1. The van der Waals surface area contributed by atoms with Crippen LogP contribution >= 0.6 is 23.6 Å². The molecule has 28 heavy (non-hydrogen) atoms. The van der Waals surface area contributed by atoms with Gasteiger partial charge in [-0.25, -0.2) is 0 Å². The number of carbonyl (C=O) groups excluding carboxylic acids is 1. The number of aryl methyl sites for hydroxylation is 2. The van der Waals surface area contributed by atoms with Crippen molar-refractivity contribution in [1.29, 1.82) is 0 Å². The first-order valence-corrected chi connectivity index (χ1v) is 9.99. The molecule has 2 N–H and O–H groups in total. The van der Waals surface area contributed by atoms with Gasteiger partial charge in [-0.15, -0.1) is 11.3 Å². The van der Waals surface area contributed by atoms with Crippen molar-refractivity contribution < 1.29 is 19.8 Å². The predicted molar refractivity (Wildman–Crippen MR) is 113 cm³/mol. The number of hydrogen-bond acceptors (Lipinski definition) is 6. The Balaban J connectivity index is 1.98. The first kappa shape index (κ1) is 20.2. The van der Waals surface area contributed by atoms with Gasteiger partial charge < -0.3 is 10.2 Å². The van der Waals surface area contributed by atoms with E-state index in [4.69, 9.17) is 17.3 Å². The Hall–Kier alpha value is -2.58. The number of carbonyl (C=O) groups is 2. The molecule has 8 heteroatoms. The summed E-state index contributed by atoms with van der Waals surface area (Å²) in [6.45, 7) is 6.00. The fourth-order valence-electron chi connectivity index (χ4n) is 3.02. The van der Waals surface area contributed by atoms with Crippen LogP contribution in [0.2, 0.25) is 0 Å². The van der Waals surface area contributed by atoms with Crippen LogP contribution in [-0.2, 0) is 11.3 Å². The summed E-state index contributed by atoms with van der Waals surface area (Å²) in [6, 6.07) is 3.75. The van der Waals surface area contributed by atoms with Gasteiger partial charge in [-0.2, -0.15) is 0 Å². The average molecular weight is 417 g/mol. The molecule has 0 saturated carbocycles. The van der Waals surface area contributed by atoms with E-state index in [9.17, 15) is 14.7 Å². The molecular formula is C20H20N2O4S2. The SMILES string of the molecule is CC1=Nc2cc(C)c(C)cc2C(=O)/C1=C\c1sc(=S)n(CCCC(=O)O)c1O. The maximum atomic E-state index is 13.0. The van der Waals surface area contributed by atoms with E-state index in [0.29, 0.717) is 44.3 Å². The largest absolute Gasteiger partial charge is 0.493 e. The van der Waals surface area contributed by atoms with Gasteiger partial charge in [0.2, 0.25) is 5.88 Å². The van der Waals surface area contributed by atoms with Crippen LogP contribution in [0.15, 0.2) is 22.7 Å². The Kier molecular flexibility index (Phi) is 5.62. The molecule has 0 unspecified atom stereocenters. The Labute approximate surface area is 171 Å². The highest BCUT2D eigenvalue weighted by molar-refractivity contribution is 7.73. The predicted octanol–water partition coefficient (Wildman–Crippen LogP) is 4.84. The Morgan fingerprint density at radius 2 is 1.96 bits per heavy atom. The maximum absolute atomic E-state index is 13.0. The molecule has 3 rings (SSSR count). The molecule has 0 amide bonds. The number of nitrogens with zero attached hydrogens (tertiary/aromatic N) is 2. The second-order valence-corrected chi connectivity index (χ2v) is 8.42. The van der Waals surface area contributed by atoms with Gasteiger partial charge in [0.25, 0.3) is 0 Å². The van der Waals surface area contributed by atoms with E-state index < -0.39 is 5.97 Å². The molecule has 146 valence electrons. The van der Waals surface area contributed by atoms with Crippen LogP contribution in [0, 0.1) is 17.8 Å². The number of thiazole rings is 1. The molecule has 0 aliphatic carbocycles. The van der Waals surface area contributed by atoms with E-state index >= 15 is 0 Å². The van der Waals surface area contributed by atoms with Gasteiger partial charge in [0.15, 0.2) is 9.74 Å². The van der Waals surface area contributed by atoms with Crippen molar-refractivity contribution in [3.63, 3.8) is 0 Å². The lowest BCUT2D eigenvalue weighted by atomic mass is 9.92. The number of fused-ring (bicyclic) bond motifs is 1. The van der Waals surface area contributed by atoms with Crippen molar-refractivity contribution in [3.05, 3.63) is 43.2 Å². The standard InChI is InChI=1S/C20H20N2O4S2/c1-10-7-14-15(8-11(10)2)21-12(3)13(18(14)25)9-16-19(26)22(20(27)28-16)6-4-5-17(23)24/h7-9,26H,4-6H2,1-3H3,(H,23,24)/b13-9-. The van der Waals surface area contributed by atoms with Gasteiger partial charge in [-0.05, 0) is 68.7 Å². The molecule has 6 nitrogen and oxygen atoms in total. The van der Waals surface area contributed by atoms with Crippen molar-refractivity contribution in [1.82, 2.24) is 4.57 Å². The summed E-state index contributed by atoms with van der Waals surface area (Å²) < 4.78 is 1.93. The zero-order chi connectivity index (χ0) is 20.6. The molecule has 0 saturated heterocycles. The zero-order valence-electron chi connectivity index (χ0n) is 15.8. The van der Waals surface area contributed by atoms with E-state index in [1.807, 2.05) is 26.0 Å². The number of aromatic nitrogens is 1. The van der Waals surface area contributed by atoms with E-state index in [1.165, 1.54) is 15.9 Å². The molecule has 0 atom stereocenters. The fourth-order valence-corrected chi connectivity index (χ4v) is 4.32. The summed E-state index contributed by atoms with van der Waals surface area (Å²) in [4.78, 5) is 28.7. The second kappa shape index (κ2) is 7.81. The number of aromatic hydroxyl groups is 1. The van der Waals surface area contributed by atoms with Gasteiger partial charge in [0.05, 0.1) is 10.6 Å². The number of hydrogen-bond donors (Lipinski definition) is 2. The van der Waals surface area contributed by atoms with Crippen molar-refractivity contribution >= 4 is 52.8 Å². The lowest BCUT2D eigenvalue weighted by Crippen LogP contribution is -2.15. The van der Waals surface area contributed by atoms with E-state index in [1.54, 1.807) is 13.0 Å². The number of ketones is 1. The molecule has 0 radical (unpaired) electrons. The van der Waals surface area contributed by atoms with Crippen LogP contribution in [0.25, 0.3) is 6.08 Å². The molecule has 0 fully saturated rings. The van der Waals surface area contributed by atoms with Crippen LogP contribution in [-0.4, -0.2) is 32.2 Å². The highest BCUT2D eigenvalue weighted by Gasteiger charge is 2.25. The topological polar surface area (TPSA) is 91.9 Å². The van der Waals surface area contributed by atoms with E-state index in [0.717, 1.165) is 11.1 Å². The highest BCUT2D eigenvalue weighted by Crippen LogP contribution is 2.34. The molecule has 0 bridgehead atoms. The minimum atomic E-state index is -0.896. The third-order valence-electron chi connectivity index (χ3n) is 4.72. The summed E-state index contributed by atoms with van der Waals surface area (Å²) in [6.07, 6.45) is 1.96. The van der Waals surface area contributed by atoms with Crippen molar-refractivity contribution in [2.75, 3.05) is 0 Å². The van der Waals surface area contributed by atoms with Crippen molar-refractivity contribution in [2.24, 2.45) is 4.99 Å². The molecule has 1 aliphatic heterocycles. The van der Waals surface area contributed by atoms with Gasteiger partial charge >= 0.3 is 5.97 Å². The van der Waals surface area contributed by atoms with Crippen molar-refractivity contribution in [3.8, 4) is 5.88 Å². The second-order valence-electron chi connectivity index (χ2n) is 6.74. The third-order valence-corrected chi connectivity index (χ3v) is 6.11. The molecule has 1 aromatic heterocycles. The number of Topliss-reactive ketones (excluding diaryl/α,β-unsaturated/α-hetero) is 1. The number of aliphatic carboxylic acids is 1. The Morgan fingerprint density at radius 1 is 1.29 bits per heavy atom. The zero-order valence-corrected chi connectivity index (χ0v) is 17.4. The summed E-state index contributed by atoms with van der Waals surface area (Å²) in [5, 5.41) is 19.3. The number of rotatable bonds is 5. The van der Waals surface area contributed by atoms with Crippen LogP contribution in [0.1, 0.15) is 46.1 Å². The first-order valence-electron chi connectivity index (χ1n) is 8.76. The van der Waals surface area contributed by atoms with E-state index in [2.05, 4.69) is 4.99 Å². The van der Waals surface area contributed by atoms with Gasteiger partial charge in [-0.3, -0.25) is 19.1 Å². The van der Waals surface area contributed by atoms with Crippen LogP contribution in [0.4, 0.5) is 5.69 Å². The molecule has 2 aromatic rings. The first-order chi connectivity index (χ1) is 13.2. The summed E-state index contributed by atoms with van der Waals surface area (Å²) in [5.74, 6) is -1.09. The van der Waals surface area contributed by atoms with Crippen LogP contribution in [0.5, 0.6) is 5.88 Å². The summed E-state index contributed by atoms with van der Waals surface area (Å²) in [7, 11) is 0. The Morgan fingerprint density at radius 3 is 2.64 bits per heavy atom. The minimum absolute atomic E-state index is 0.00666. The number of carboxylic acid groups (broad SMARTS) is 1. The maximum Gasteiger partial charge on any atom is 0.303 e. The number of aliphatic imine (C=N–C) groups is 1. The van der Waals surface area contributed by atoms with Gasteiger partial charge in [-0.1, -0.05) is 0 Å². The lowest BCUT2D eigenvalue weighted by molar-refractivity contribution is -0.137. The smallest absolute Gasteiger partial charge is 0.303 e. The number of carboxylic acids is 1. The van der Waals surface area contributed by atoms with Gasteiger partial charge in [0.1, 0.15) is 0 Å². The lowest BCUT2D eigenvalue weighted by Gasteiger charge is -2.17. The average Bonchev–Trinajstić information content (AvgIpc) is 2.88. The summed E-state index contributed by atoms with van der Waals surface area (Å²) >= 11 is 6.47. The Bertz CT molecular complexity index is 1110. The van der Waals surface area contributed by atoms with E-state index in [-0.39, 0.29) is 18.1 Å². The van der Waals surface area contributed by atoms with Crippen LogP contribution < -0.4 is 0 Å². The molecular weight excluding hydrogens is 396 g/mol.